The molecule has 0 amide bonds. The number of Topliss-reactive ketones (excluding diaryl/α,β-unsaturated/α-hetero) is 1. The molecule has 3 heteroatoms. The van der Waals surface area contributed by atoms with Crippen molar-refractivity contribution in [1.82, 2.24) is 0 Å². The molecule has 68 valence electrons. The fourth-order valence-corrected chi connectivity index (χ4v) is 3.00. The minimum absolute atomic E-state index is 0.165. The van der Waals surface area contributed by atoms with Gasteiger partial charge in [0.2, 0.25) is 0 Å². The van der Waals surface area contributed by atoms with E-state index in [1.807, 2.05) is 25.1 Å². The molecule has 1 unspecified atom stereocenters. The van der Waals surface area contributed by atoms with E-state index >= 15 is 0 Å². The molecule has 0 fully saturated rings. The van der Waals surface area contributed by atoms with Gasteiger partial charge in [0.1, 0.15) is 0 Å². The number of ketones is 1. The topological polar surface area (TPSA) is 17.1 Å². The monoisotopic (exact) mass is 256 g/mol. The van der Waals surface area contributed by atoms with Crippen molar-refractivity contribution in [1.29, 1.82) is 0 Å². The third kappa shape index (κ3) is 1.67. The average Bonchev–Trinajstić information content (AvgIpc) is 2.12. The minimum atomic E-state index is 0.165. The Hall–Kier alpha value is -0.280. The standard InChI is InChI=1S/C10H9BrOS/c1-6-5-13-9-4-7(11)2-3-8(9)10(6)12/h2-4,6H,5H2,1H3. The summed E-state index contributed by atoms with van der Waals surface area (Å²) in [5.41, 5.74) is 0.881. The van der Waals surface area contributed by atoms with Gasteiger partial charge in [-0.25, -0.2) is 0 Å². The van der Waals surface area contributed by atoms with E-state index in [1.165, 1.54) is 0 Å². The second-order valence-electron chi connectivity index (χ2n) is 3.22. The summed E-state index contributed by atoms with van der Waals surface area (Å²) in [5.74, 6) is 1.35. The van der Waals surface area contributed by atoms with Crippen LogP contribution in [-0.4, -0.2) is 11.5 Å². The number of carbonyl (C=O) groups is 1. The second-order valence-corrected chi connectivity index (χ2v) is 5.19. The molecule has 0 saturated carbocycles. The van der Waals surface area contributed by atoms with E-state index in [4.69, 9.17) is 0 Å². The van der Waals surface area contributed by atoms with E-state index in [-0.39, 0.29) is 11.7 Å². The first kappa shape index (κ1) is 9.28. The van der Waals surface area contributed by atoms with E-state index in [2.05, 4.69) is 15.9 Å². The molecule has 2 rings (SSSR count). The van der Waals surface area contributed by atoms with E-state index in [1.54, 1.807) is 11.8 Å². The Morgan fingerprint density at radius 2 is 2.31 bits per heavy atom. The highest BCUT2D eigenvalue weighted by molar-refractivity contribution is 9.10. The zero-order valence-electron chi connectivity index (χ0n) is 7.21. The van der Waals surface area contributed by atoms with Gasteiger partial charge in [-0.05, 0) is 18.2 Å². The van der Waals surface area contributed by atoms with Gasteiger partial charge in [0.15, 0.2) is 5.78 Å². The van der Waals surface area contributed by atoms with Crippen LogP contribution in [0, 0.1) is 5.92 Å². The molecule has 1 nitrogen and oxygen atoms in total. The molecule has 0 aliphatic carbocycles. The normalized spacial score (nSPS) is 21.4. The molecule has 0 aromatic heterocycles. The van der Waals surface area contributed by atoms with Crippen molar-refractivity contribution in [3.05, 3.63) is 28.2 Å². The first-order valence-electron chi connectivity index (χ1n) is 4.15. The lowest BCUT2D eigenvalue weighted by Gasteiger charge is -2.19. The Bertz CT molecular complexity index is 362. The maximum Gasteiger partial charge on any atom is 0.167 e. The Morgan fingerprint density at radius 3 is 3.08 bits per heavy atom. The molecule has 0 bridgehead atoms. The molecule has 1 aliphatic rings. The molecule has 0 saturated heterocycles. The van der Waals surface area contributed by atoms with Crippen LogP contribution in [0.15, 0.2) is 27.6 Å². The average molecular weight is 257 g/mol. The third-order valence-corrected chi connectivity index (χ3v) is 3.95. The summed E-state index contributed by atoms with van der Waals surface area (Å²) in [4.78, 5) is 12.8. The molecule has 13 heavy (non-hydrogen) atoms. The van der Waals surface area contributed by atoms with Gasteiger partial charge in [0.05, 0.1) is 0 Å². The summed E-state index contributed by atoms with van der Waals surface area (Å²) >= 11 is 5.16. The van der Waals surface area contributed by atoms with Crippen LogP contribution >= 0.6 is 27.7 Å². The highest BCUT2D eigenvalue weighted by Gasteiger charge is 2.23. The van der Waals surface area contributed by atoms with Crippen LogP contribution in [0.25, 0.3) is 0 Å². The molecule has 0 spiro atoms. The SMILES string of the molecule is CC1CSc2cc(Br)ccc2C1=O. The number of thioether (sulfide) groups is 1. The van der Waals surface area contributed by atoms with E-state index < -0.39 is 0 Å². The van der Waals surface area contributed by atoms with Crippen molar-refractivity contribution in [2.45, 2.75) is 11.8 Å². The van der Waals surface area contributed by atoms with Crippen LogP contribution in [0.1, 0.15) is 17.3 Å². The molecule has 0 N–H and O–H groups in total. The predicted molar refractivity (Wildman–Crippen MR) is 58.4 cm³/mol. The van der Waals surface area contributed by atoms with Crippen molar-refractivity contribution >= 4 is 33.5 Å². The summed E-state index contributed by atoms with van der Waals surface area (Å²) in [5, 5.41) is 0. The lowest BCUT2D eigenvalue weighted by molar-refractivity contribution is 0.0936. The van der Waals surface area contributed by atoms with Crippen LogP contribution in [-0.2, 0) is 0 Å². The Morgan fingerprint density at radius 1 is 1.54 bits per heavy atom. The number of benzene rings is 1. The lowest BCUT2D eigenvalue weighted by atomic mass is 10.0. The van der Waals surface area contributed by atoms with Crippen molar-refractivity contribution < 1.29 is 4.79 Å². The van der Waals surface area contributed by atoms with Crippen LogP contribution in [0.5, 0.6) is 0 Å². The maximum absolute atomic E-state index is 11.7. The molecule has 1 aliphatic heterocycles. The Kier molecular flexibility index (Phi) is 2.47. The predicted octanol–water partition coefficient (Wildman–Crippen LogP) is 3.37. The number of fused-ring (bicyclic) bond motifs is 1. The second kappa shape index (κ2) is 3.46. The summed E-state index contributed by atoms with van der Waals surface area (Å²) in [6, 6.07) is 5.85. The van der Waals surface area contributed by atoms with Crippen molar-refractivity contribution in [2.24, 2.45) is 5.92 Å². The summed E-state index contributed by atoms with van der Waals surface area (Å²) < 4.78 is 1.04. The molecular formula is C10H9BrOS. The largest absolute Gasteiger partial charge is 0.294 e. The highest BCUT2D eigenvalue weighted by atomic mass is 79.9. The number of rotatable bonds is 0. The fraction of sp³-hybridized carbons (Fsp3) is 0.300. The first-order chi connectivity index (χ1) is 6.18. The number of hydrogen-bond acceptors (Lipinski definition) is 2. The third-order valence-electron chi connectivity index (χ3n) is 2.15. The molecule has 0 radical (unpaired) electrons. The molecular weight excluding hydrogens is 248 g/mol. The fourth-order valence-electron chi connectivity index (χ4n) is 1.38. The minimum Gasteiger partial charge on any atom is -0.294 e. The highest BCUT2D eigenvalue weighted by Crippen LogP contribution is 2.34. The molecule has 1 aromatic rings. The molecule has 1 heterocycles. The van der Waals surface area contributed by atoms with E-state index in [0.717, 1.165) is 20.7 Å². The Balaban J connectivity index is 2.50. The van der Waals surface area contributed by atoms with Gasteiger partial charge in [-0.2, -0.15) is 0 Å². The lowest BCUT2D eigenvalue weighted by Crippen LogP contribution is -2.18. The van der Waals surface area contributed by atoms with Crippen LogP contribution < -0.4 is 0 Å². The maximum atomic E-state index is 11.7. The summed E-state index contributed by atoms with van der Waals surface area (Å²) in [6.45, 7) is 1.99. The van der Waals surface area contributed by atoms with Gasteiger partial charge in [0, 0.05) is 26.6 Å². The smallest absolute Gasteiger partial charge is 0.167 e. The van der Waals surface area contributed by atoms with Crippen molar-refractivity contribution in [2.75, 3.05) is 5.75 Å². The summed E-state index contributed by atoms with van der Waals surface area (Å²) in [6.07, 6.45) is 0. The van der Waals surface area contributed by atoms with Crippen molar-refractivity contribution in [3.63, 3.8) is 0 Å². The number of hydrogen-bond donors (Lipinski definition) is 0. The summed E-state index contributed by atoms with van der Waals surface area (Å²) in [7, 11) is 0. The van der Waals surface area contributed by atoms with Gasteiger partial charge in [-0.3, -0.25) is 4.79 Å². The van der Waals surface area contributed by atoms with Gasteiger partial charge in [-0.15, -0.1) is 11.8 Å². The van der Waals surface area contributed by atoms with Crippen LogP contribution in [0.3, 0.4) is 0 Å². The number of halogens is 1. The van der Waals surface area contributed by atoms with Crippen LogP contribution in [0.2, 0.25) is 0 Å². The first-order valence-corrected chi connectivity index (χ1v) is 5.93. The zero-order chi connectivity index (χ0) is 9.42. The quantitative estimate of drug-likeness (QED) is 0.708. The molecule has 1 atom stereocenters. The van der Waals surface area contributed by atoms with E-state index in [0.29, 0.717) is 0 Å². The van der Waals surface area contributed by atoms with Crippen LogP contribution in [0.4, 0.5) is 0 Å². The number of carbonyl (C=O) groups excluding carboxylic acids is 1. The zero-order valence-corrected chi connectivity index (χ0v) is 9.61. The van der Waals surface area contributed by atoms with Gasteiger partial charge >= 0.3 is 0 Å². The van der Waals surface area contributed by atoms with Gasteiger partial charge in [-0.1, -0.05) is 22.9 Å². The van der Waals surface area contributed by atoms with Crippen molar-refractivity contribution in [3.8, 4) is 0 Å². The molecule has 1 aromatic carbocycles. The van der Waals surface area contributed by atoms with Gasteiger partial charge in [0.25, 0.3) is 0 Å². The Labute approximate surface area is 90.0 Å². The van der Waals surface area contributed by atoms with Gasteiger partial charge < -0.3 is 0 Å². The van der Waals surface area contributed by atoms with E-state index in [9.17, 15) is 4.79 Å².